The molecule has 1 heterocycles. The summed E-state index contributed by atoms with van der Waals surface area (Å²) in [6, 6.07) is 0. The van der Waals surface area contributed by atoms with Crippen LogP contribution in [0, 0.1) is 6.92 Å². The fourth-order valence-corrected chi connectivity index (χ4v) is 0.823. The van der Waals surface area contributed by atoms with Crippen LogP contribution in [-0.4, -0.2) is 28.5 Å². The summed E-state index contributed by atoms with van der Waals surface area (Å²) < 4.78 is 48.6. The van der Waals surface area contributed by atoms with E-state index in [0.717, 1.165) is 0 Å². The van der Waals surface area contributed by atoms with Gasteiger partial charge in [-0.15, -0.1) is 0 Å². The minimum atomic E-state index is -4.78. The predicted molar refractivity (Wildman–Crippen MR) is 47.3 cm³/mol. The standard InChI is InChI=1S/C7H8F4N4O/c1-2-3(12)4(15-14-2)13-6(16)7(10,11)5(8)9/h5H,12H2,1H3,(H2,13,14,15,16). The smallest absolute Gasteiger partial charge is 0.383 e. The van der Waals surface area contributed by atoms with E-state index in [-0.39, 0.29) is 5.69 Å². The number of aromatic nitrogens is 2. The molecule has 9 heteroatoms. The van der Waals surface area contributed by atoms with Gasteiger partial charge >= 0.3 is 18.3 Å². The lowest BCUT2D eigenvalue weighted by atomic mass is 10.3. The normalized spacial score (nSPS) is 11.9. The Kier molecular flexibility index (Phi) is 3.06. The second-order valence-electron chi connectivity index (χ2n) is 2.99. The summed E-state index contributed by atoms with van der Waals surface area (Å²) in [5.41, 5.74) is 5.57. The molecule has 0 saturated heterocycles. The van der Waals surface area contributed by atoms with Gasteiger partial charge in [0, 0.05) is 0 Å². The van der Waals surface area contributed by atoms with E-state index in [1.807, 2.05) is 0 Å². The molecule has 0 aliphatic carbocycles. The monoisotopic (exact) mass is 240 g/mol. The molecule has 1 rings (SSSR count). The van der Waals surface area contributed by atoms with Crippen LogP contribution in [0.4, 0.5) is 29.1 Å². The number of nitrogens with two attached hydrogens (primary N) is 1. The van der Waals surface area contributed by atoms with E-state index in [2.05, 4.69) is 10.2 Å². The van der Waals surface area contributed by atoms with Crippen LogP contribution >= 0.6 is 0 Å². The van der Waals surface area contributed by atoms with Crippen LogP contribution in [0.25, 0.3) is 0 Å². The fourth-order valence-electron chi connectivity index (χ4n) is 0.823. The van der Waals surface area contributed by atoms with Gasteiger partial charge in [0.2, 0.25) is 0 Å². The molecule has 0 spiro atoms. The van der Waals surface area contributed by atoms with Crippen molar-refractivity contribution in [2.75, 3.05) is 11.1 Å². The summed E-state index contributed by atoms with van der Waals surface area (Å²) in [6.45, 7) is 1.48. The van der Waals surface area contributed by atoms with E-state index in [0.29, 0.717) is 5.69 Å². The number of rotatable bonds is 3. The Morgan fingerprint density at radius 1 is 1.56 bits per heavy atom. The number of nitrogen functional groups attached to an aromatic ring is 1. The third-order valence-corrected chi connectivity index (χ3v) is 1.80. The SMILES string of the molecule is Cc1[nH]nc(NC(=O)C(F)(F)C(F)F)c1N. The van der Waals surface area contributed by atoms with Gasteiger partial charge in [-0.25, -0.2) is 8.78 Å². The summed E-state index contributed by atoms with van der Waals surface area (Å²) >= 11 is 0. The molecule has 5 nitrogen and oxygen atoms in total. The van der Waals surface area contributed by atoms with E-state index < -0.39 is 24.1 Å². The summed E-state index contributed by atoms with van der Waals surface area (Å²) in [5.74, 6) is -7.33. The van der Waals surface area contributed by atoms with Crippen molar-refractivity contribution in [2.24, 2.45) is 0 Å². The van der Waals surface area contributed by atoms with Crippen LogP contribution < -0.4 is 11.1 Å². The number of aromatic amines is 1. The molecule has 0 aliphatic heterocycles. The molecular formula is C7H8F4N4O. The lowest BCUT2D eigenvalue weighted by Gasteiger charge is -2.13. The lowest BCUT2D eigenvalue weighted by Crippen LogP contribution is -2.41. The number of nitrogens with zero attached hydrogens (tertiary/aromatic N) is 1. The van der Waals surface area contributed by atoms with Gasteiger partial charge in [0.05, 0.1) is 11.4 Å². The van der Waals surface area contributed by atoms with Crippen molar-refractivity contribution < 1.29 is 22.4 Å². The summed E-state index contributed by atoms with van der Waals surface area (Å²) in [7, 11) is 0. The second-order valence-corrected chi connectivity index (χ2v) is 2.99. The molecule has 0 unspecified atom stereocenters. The number of aryl methyl sites for hydroxylation is 1. The third kappa shape index (κ3) is 2.07. The van der Waals surface area contributed by atoms with E-state index in [4.69, 9.17) is 5.73 Å². The van der Waals surface area contributed by atoms with E-state index in [9.17, 15) is 22.4 Å². The summed E-state index contributed by atoms with van der Waals surface area (Å²) in [5, 5.41) is 7.19. The Morgan fingerprint density at radius 3 is 2.50 bits per heavy atom. The van der Waals surface area contributed by atoms with Gasteiger partial charge in [-0.1, -0.05) is 0 Å². The largest absolute Gasteiger partial charge is 0.394 e. The Morgan fingerprint density at radius 2 is 2.12 bits per heavy atom. The summed E-state index contributed by atoms with van der Waals surface area (Å²) in [6.07, 6.45) is -4.09. The van der Waals surface area contributed by atoms with Crippen LogP contribution in [0.15, 0.2) is 0 Å². The van der Waals surface area contributed by atoms with E-state index in [1.165, 1.54) is 12.2 Å². The number of H-pyrrole nitrogens is 1. The number of carbonyl (C=O) groups excluding carboxylic acids is 1. The van der Waals surface area contributed by atoms with Crippen LogP contribution in [0.5, 0.6) is 0 Å². The molecule has 1 amide bonds. The molecule has 4 N–H and O–H groups in total. The highest BCUT2D eigenvalue weighted by Crippen LogP contribution is 2.26. The number of amides is 1. The molecular weight excluding hydrogens is 232 g/mol. The van der Waals surface area contributed by atoms with Gasteiger partial charge in [-0.2, -0.15) is 13.9 Å². The molecule has 0 aliphatic rings. The molecule has 0 fully saturated rings. The zero-order valence-corrected chi connectivity index (χ0v) is 8.02. The molecule has 0 saturated carbocycles. The van der Waals surface area contributed by atoms with Gasteiger partial charge in [0.1, 0.15) is 0 Å². The van der Waals surface area contributed by atoms with E-state index in [1.54, 1.807) is 0 Å². The van der Waals surface area contributed by atoms with Gasteiger partial charge in [-0.3, -0.25) is 9.89 Å². The van der Waals surface area contributed by atoms with Crippen molar-refractivity contribution in [3.05, 3.63) is 5.69 Å². The lowest BCUT2D eigenvalue weighted by molar-refractivity contribution is -0.163. The molecule has 1 aromatic heterocycles. The molecule has 90 valence electrons. The van der Waals surface area contributed by atoms with Crippen LogP contribution in [-0.2, 0) is 4.79 Å². The van der Waals surface area contributed by atoms with Gasteiger partial charge in [0.15, 0.2) is 5.82 Å². The number of nitrogens with one attached hydrogen (secondary N) is 2. The first-order chi connectivity index (χ1) is 7.26. The molecule has 1 aromatic rings. The van der Waals surface area contributed by atoms with Gasteiger partial charge < -0.3 is 11.1 Å². The minimum Gasteiger partial charge on any atom is -0.394 e. The highest BCUT2D eigenvalue weighted by molar-refractivity contribution is 5.97. The first kappa shape index (κ1) is 12.3. The Balaban J connectivity index is 2.83. The average molecular weight is 240 g/mol. The van der Waals surface area contributed by atoms with Crippen molar-refractivity contribution in [3.63, 3.8) is 0 Å². The van der Waals surface area contributed by atoms with Crippen molar-refractivity contribution in [1.29, 1.82) is 0 Å². The molecule has 0 radical (unpaired) electrons. The maximum Gasteiger partial charge on any atom is 0.383 e. The topological polar surface area (TPSA) is 83.8 Å². The number of halogens is 4. The predicted octanol–water partition coefficient (Wildman–Crippen LogP) is 1.14. The average Bonchev–Trinajstić information content (AvgIpc) is 2.49. The number of anilines is 2. The third-order valence-electron chi connectivity index (χ3n) is 1.80. The Bertz CT molecular complexity index is 403. The maximum atomic E-state index is 12.5. The molecule has 16 heavy (non-hydrogen) atoms. The van der Waals surface area contributed by atoms with Crippen molar-refractivity contribution in [3.8, 4) is 0 Å². The minimum absolute atomic E-state index is 0.0848. The van der Waals surface area contributed by atoms with Crippen LogP contribution in [0.1, 0.15) is 5.69 Å². The quantitative estimate of drug-likeness (QED) is 0.692. The maximum absolute atomic E-state index is 12.5. The highest BCUT2D eigenvalue weighted by Gasteiger charge is 2.49. The van der Waals surface area contributed by atoms with Crippen molar-refractivity contribution >= 4 is 17.4 Å². The number of hydrogen-bond donors (Lipinski definition) is 3. The summed E-state index contributed by atoms with van der Waals surface area (Å²) in [4.78, 5) is 10.8. The first-order valence-corrected chi connectivity index (χ1v) is 4.04. The van der Waals surface area contributed by atoms with E-state index >= 15 is 0 Å². The first-order valence-electron chi connectivity index (χ1n) is 4.04. The Hall–Kier alpha value is -1.80. The van der Waals surface area contributed by atoms with Crippen LogP contribution in [0.3, 0.4) is 0 Å². The van der Waals surface area contributed by atoms with Gasteiger partial charge in [-0.05, 0) is 6.92 Å². The molecule has 0 bridgehead atoms. The highest BCUT2D eigenvalue weighted by atomic mass is 19.3. The molecule has 0 atom stereocenters. The number of hydrogen-bond acceptors (Lipinski definition) is 3. The number of carbonyl (C=O) groups is 1. The van der Waals surface area contributed by atoms with Gasteiger partial charge in [0.25, 0.3) is 0 Å². The van der Waals surface area contributed by atoms with Crippen molar-refractivity contribution in [2.45, 2.75) is 19.3 Å². The fraction of sp³-hybridized carbons (Fsp3) is 0.429. The number of alkyl halides is 4. The zero-order chi connectivity index (χ0) is 12.5. The zero-order valence-electron chi connectivity index (χ0n) is 8.02. The Labute approximate surface area is 87.0 Å². The molecule has 0 aromatic carbocycles. The van der Waals surface area contributed by atoms with Crippen molar-refractivity contribution in [1.82, 2.24) is 10.2 Å². The van der Waals surface area contributed by atoms with Crippen LogP contribution in [0.2, 0.25) is 0 Å². The second kappa shape index (κ2) is 3.99.